The van der Waals surface area contributed by atoms with Gasteiger partial charge in [0.25, 0.3) is 0 Å². The number of hydrogen-bond acceptors (Lipinski definition) is 6. The predicted octanol–water partition coefficient (Wildman–Crippen LogP) is 5.12. The van der Waals surface area contributed by atoms with E-state index in [-0.39, 0.29) is 0 Å². The second kappa shape index (κ2) is 6.72. The van der Waals surface area contributed by atoms with E-state index in [4.69, 9.17) is 14.7 Å². The van der Waals surface area contributed by atoms with Crippen molar-refractivity contribution < 1.29 is 4.74 Å². The smallest absolute Gasteiger partial charge is 0.164 e. The summed E-state index contributed by atoms with van der Waals surface area (Å²) in [6.07, 6.45) is 3.52. The Balaban J connectivity index is 1.87. The summed E-state index contributed by atoms with van der Waals surface area (Å²) in [6.45, 7) is 4.13. The first-order valence-electron chi connectivity index (χ1n) is 8.24. The summed E-state index contributed by atoms with van der Waals surface area (Å²) in [7, 11) is 1.67. The van der Waals surface area contributed by atoms with E-state index < -0.39 is 0 Å². The summed E-state index contributed by atoms with van der Waals surface area (Å²) >= 11 is 1.66. The average molecular weight is 362 g/mol. The molecule has 0 saturated heterocycles. The molecule has 0 aliphatic heterocycles. The van der Waals surface area contributed by atoms with Crippen LogP contribution in [0, 0.1) is 13.8 Å². The van der Waals surface area contributed by atoms with Crippen LogP contribution in [0.3, 0.4) is 0 Å². The normalized spacial score (nSPS) is 10.9. The van der Waals surface area contributed by atoms with Crippen molar-refractivity contribution in [3.8, 4) is 17.1 Å². The third kappa shape index (κ3) is 3.11. The molecule has 0 atom stereocenters. The van der Waals surface area contributed by atoms with Crippen LogP contribution in [-0.2, 0) is 0 Å². The van der Waals surface area contributed by atoms with Crippen LogP contribution in [0.25, 0.3) is 21.6 Å². The number of methoxy groups -OCH3 is 1. The molecule has 26 heavy (non-hydrogen) atoms. The maximum Gasteiger partial charge on any atom is 0.164 e. The molecule has 0 amide bonds. The Hall–Kier alpha value is -2.99. The fourth-order valence-electron chi connectivity index (χ4n) is 2.81. The number of nitrogens with one attached hydrogen (secondary N) is 1. The lowest BCUT2D eigenvalue weighted by Crippen LogP contribution is -2.00. The van der Waals surface area contributed by atoms with Gasteiger partial charge in [-0.1, -0.05) is 6.07 Å². The molecule has 0 bridgehead atoms. The minimum atomic E-state index is 0.654. The maximum atomic E-state index is 5.49. The second-order valence-electron chi connectivity index (χ2n) is 6.04. The van der Waals surface area contributed by atoms with Gasteiger partial charge >= 0.3 is 0 Å². The highest BCUT2D eigenvalue weighted by atomic mass is 32.1. The fourth-order valence-corrected chi connectivity index (χ4v) is 3.69. The van der Waals surface area contributed by atoms with Crippen LogP contribution in [0.15, 0.2) is 48.8 Å². The molecule has 3 heterocycles. The summed E-state index contributed by atoms with van der Waals surface area (Å²) in [5.74, 6) is 2.20. The first-order chi connectivity index (χ1) is 12.6. The Morgan fingerprint density at radius 3 is 2.73 bits per heavy atom. The van der Waals surface area contributed by atoms with Crippen molar-refractivity contribution in [2.45, 2.75) is 13.8 Å². The number of thiophene rings is 1. The van der Waals surface area contributed by atoms with E-state index in [0.717, 1.165) is 38.6 Å². The molecule has 130 valence electrons. The van der Waals surface area contributed by atoms with Gasteiger partial charge in [0, 0.05) is 22.8 Å². The van der Waals surface area contributed by atoms with Crippen molar-refractivity contribution in [3.63, 3.8) is 0 Å². The van der Waals surface area contributed by atoms with Gasteiger partial charge in [0.05, 0.1) is 18.2 Å². The molecule has 0 aliphatic carbocycles. The van der Waals surface area contributed by atoms with E-state index in [1.54, 1.807) is 30.8 Å². The predicted molar refractivity (Wildman–Crippen MR) is 106 cm³/mol. The largest absolute Gasteiger partial charge is 0.495 e. The number of nitrogens with zero attached hydrogens (tertiary/aromatic N) is 3. The molecule has 0 unspecified atom stereocenters. The highest BCUT2D eigenvalue weighted by molar-refractivity contribution is 7.18. The molecule has 0 saturated carbocycles. The van der Waals surface area contributed by atoms with Crippen molar-refractivity contribution in [1.29, 1.82) is 0 Å². The van der Waals surface area contributed by atoms with Crippen molar-refractivity contribution in [2.24, 2.45) is 0 Å². The van der Waals surface area contributed by atoms with E-state index in [9.17, 15) is 0 Å². The van der Waals surface area contributed by atoms with Gasteiger partial charge in [-0.15, -0.1) is 11.3 Å². The summed E-state index contributed by atoms with van der Waals surface area (Å²) < 4.78 is 5.49. The molecule has 1 N–H and O–H groups in total. The molecular formula is C20H18N4OS. The summed E-state index contributed by atoms with van der Waals surface area (Å²) in [5, 5.41) is 4.44. The van der Waals surface area contributed by atoms with Gasteiger partial charge in [-0.2, -0.15) is 0 Å². The van der Waals surface area contributed by atoms with Crippen molar-refractivity contribution >= 4 is 33.1 Å². The summed E-state index contributed by atoms with van der Waals surface area (Å²) in [6, 6.07) is 12.0. The highest BCUT2D eigenvalue weighted by Crippen LogP contribution is 2.35. The summed E-state index contributed by atoms with van der Waals surface area (Å²) in [4.78, 5) is 15.8. The molecule has 0 spiro atoms. The van der Waals surface area contributed by atoms with Crippen molar-refractivity contribution in [3.05, 3.63) is 59.2 Å². The third-order valence-electron chi connectivity index (χ3n) is 4.04. The molecule has 3 aromatic heterocycles. The fraction of sp³-hybridized carbons (Fsp3) is 0.150. The molecular weight excluding hydrogens is 344 g/mol. The van der Waals surface area contributed by atoms with Crippen LogP contribution < -0.4 is 10.1 Å². The monoisotopic (exact) mass is 362 g/mol. The Labute approximate surface area is 155 Å². The zero-order valence-corrected chi connectivity index (χ0v) is 15.6. The van der Waals surface area contributed by atoms with Crippen LogP contribution in [-0.4, -0.2) is 22.1 Å². The Bertz CT molecular complexity index is 1080. The molecule has 0 fully saturated rings. The molecule has 4 aromatic rings. The highest BCUT2D eigenvalue weighted by Gasteiger charge is 2.14. The number of anilines is 2. The zero-order valence-electron chi connectivity index (χ0n) is 14.8. The van der Waals surface area contributed by atoms with Gasteiger partial charge < -0.3 is 10.1 Å². The number of benzene rings is 1. The van der Waals surface area contributed by atoms with E-state index in [2.05, 4.69) is 36.3 Å². The molecule has 5 nitrogen and oxygen atoms in total. The number of hydrogen-bond donors (Lipinski definition) is 1. The van der Waals surface area contributed by atoms with E-state index in [0.29, 0.717) is 5.82 Å². The average Bonchev–Trinajstić information content (AvgIpc) is 3.03. The lowest BCUT2D eigenvalue weighted by Gasteiger charge is -2.13. The standard InChI is InChI=1S/C20H18N4OS/c1-12-6-7-17(25-3)16(9-12)22-19-15-10-13(2)26-20(15)24-18(23-19)14-5-4-8-21-11-14/h4-11H,1-3H3,(H,22,23,24). The SMILES string of the molecule is COc1ccc(C)cc1Nc1nc(-c2cccnc2)nc2sc(C)cc12. The first-order valence-corrected chi connectivity index (χ1v) is 9.06. The number of rotatable bonds is 4. The minimum absolute atomic E-state index is 0.654. The molecule has 0 radical (unpaired) electrons. The van der Waals surface area contributed by atoms with Gasteiger partial charge in [-0.3, -0.25) is 4.98 Å². The van der Waals surface area contributed by atoms with Crippen LogP contribution in [0.4, 0.5) is 11.5 Å². The van der Waals surface area contributed by atoms with E-state index in [1.165, 1.54) is 4.88 Å². The number of ether oxygens (including phenoxy) is 1. The first kappa shape index (κ1) is 16.5. The number of pyridine rings is 1. The van der Waals surface area contributed by atoms with Crippen molar-refractivity contribution in [2.75, 3.05) is 12.4 Å². The lowest BCUT2D eigenvalue weighted by molar-refractivity contribution is 0.416. The van der Waals surface area contributed by atoms with Gasteiger partial charge in [-0.05, 0) is 49.7 Å². The summed E-state index contributed by atoms with van der Waals surface area (Å²) in [5.41, 5.74) is 2.92. The Kier molecular flexibility index (Phi) is 4.26. The number of aromatic nitrogens is 3. The Morgan fingerprint density at radius 2 is 1.96 bits per heavy atom. The van der Waals surface area contributed by atoms with E-state index >= 15 is 0 Å². The molecule has 4 rings (SSSR count). The second-order valence-corrected chi connectivity index (χ2v) is 7.28. The number of fused-ring (bicyclic) bond motifs is 1. The van der Waals surface area contributed by atoms with Gasteiger partial charge in [0.15, 0.2) is 5.82 Å². The van der Waals surface area contributed by atoms with Crippen LogP contribution in [0.1, 0.15) is 10.4 Å². The van der Waals surface area contributed by atoms with Gasteiger partial charge in [0.1, 0.15) is 16.4 Å². The Morgan fingerprint density at radius 1 is 1.08 bits per heavy atom. The number of aryl methyl sites for hydroxylation is 2. The lowest BCUT2D eigenvalue weighted by atomic mass is 10.2. The van der Waals surface area contributed by atoms with Crippen LogP contribution >= 0.6 is 11.3 Å². The van der Waals surface area contributed by atoms with Gasteiger partial charge in [-0.25, -0.2) is 9.97 Å². The third-order valence-corrected chi connectivity index (χ3v) is 4.99. The van der Waals surface area contributed by atoms with E-state index in [1.807, 2.05) is 24.3 Å². The van der Waals surface area contributed by atoms with Crippen LogP contribution in [0.5, 0.6) is 5.75 Å². The topological polar surface area (TPSA) is 59.9 Å². The zero-order chi connectivity index (χ0) is 18.1. The van der Waals surface area contributed by atoms with Gasteiger partial charge in [0.2, 0.25) is 0 Å². The molecule has 0 aliphatic rings. The quantitative estimate of drug-likeness (QED) is 0.546. The molecule has 1 aromatic carbocycles. The van der Waals surface area contributed by atoms with Crippen molar-refractivity contribution in [1.82, 2.24) is 15.0 Å². The molecule has 6 heteroatoms. The van der Waals surface area contributed by atoms with Crippen LogP contribution in [0.2, 0.25) is 0 Å². The minimum Gasteiger partial charge on any atom is -0.495 e. The maximum absolute atomic E-state index is 5.49.